The molecule has 1 aromatic carbocycles. The maximum Gasteiger partial charge on any atom is 0.441 e. The molecule has 0 radical (unpaired) electrons. The van der Waals surface area contributed by atoms with Gasteiger partial charge in [-0.2, -0.15) is 4.79 Å². The van der Waals surface area contributed by atoms with Crippen molar-refractivity contribution < 1.29 is 19.1 Å². The third-order valence-electron chi connectivity index (χ3n) is 1.58. The van der Waals surface area contributed by atoms with Crippen LogP contribution in [0.3, 0.4) is 0 Å². The van der Waals surface area contributed by atoms with Gasteiger partial charge in [0.1, 0.15) is 5.75 Å². The second kappa shape index (κ2) is 4.83. The van der Waals surface area contributed by atoms with Crippen LogP contribution >= 0.6 is 0 Å². The number of benzene rings is 1. The standard InChI is InChI=1S/C10H8N2O3/c1-7(13)9(12-11)10(14)15-8-5-3-2-4-6-8/h2-6H,1H3. The Balaban J connectivity index is 2.81. The monoisotopic (exact) mass is 204 g/mol. The molecule has 0 saturated heterocycles. The lowest BCUT2D eigenvalue weighted by Gasteiger charge is -1.98. The van der Waals surface area contributed by atoms with Crippen molar-refractivity contribution in [2.75, 3.05) is 0 Å². The van der Waals surface area contributed by atoms with Crippen LogP contribution in [0.25, 0.3) is 5.53 Å². The molecule has 0 bridgehead atoms. The average Bonchev–Trinajstić information content (AvgIpc) is 2.19. The zero-order valence-electron chi connectivity index (χ0n) is 8.01. The summed E-state index contributed by atoms with van der Waals surface area (Å²) < 4.78 is 4.78. The third-order valence-corrected chi connectivity index (χ3v) is 1.58. The molecule has 0 aliphatic rings. The molecule has 0 heterocycles. The molecular formula is C10H8N2O3. The Morgan fingerprint density at radius 1 is 1.27 bits per heavy atom. The van der Waals surface area contributed by atoms with Gasteiger partial charge in [-0.05, 0) is 12.1 Å². The molecule has 0 aromatic heterocycles. The predicted molar refractivity (Wildman–Crippen MR) is 51.4 cm³/mol. The van der Waals surface area contributed by atoms with E-state index in [2.05, 4.69) is 4.79 Å². The molecule has 0 aliphatic carbocycles. The molecule has 0 unspecified atom stereocenters. The molecule has 0 amide bonds. The molecule has 0 spiro atoms. The summed E-state index contributed by atoms with van der Waals surface area (Å²) in [6.07, 6.45) is 0. The quantitative estimate of drug-likeness (QED) is 0.183. The van der Waals surface area contributed by atoms with E-state index in [1.165, 1.54) is 0 Å². The first-order chi connectivity index (χ1) is 7.15. The molecule has 5 heteroatoms. The van der Waals surface area contributed by atoms with E-state index in [4.69, 9.17) is 10.3 Å². The molecule has 1 aromatic rings. The smallest absolute Gasteiger partial charge is 0.418 e. The highest BCUT2D eigenvalue weighted by atomic mass is 16.5. The summed E-state index contributed by atoms with van der Waals surface area (Å²) in [4.78, 5) is 24.6. The van der Waals surface area contributed by atoms with Crippen molar-refractivity contribution in [2.45, 2.75) is 6.92 Å². The molecule has 15 heavy (non-hydrogen) atoms. The topological polar surface area (TPSA) is 79.8 Å². The maximum atomic E-state index is 11.3. The van der Waals surface area contributed by atoms with Crippen LogP contribution in [0.5, 0.6) is 5.75 Å². The Kier molecular flexibility index (Phi) is 3.49. The minimum atomic E-state index is -0.976. The molecule has 0 N–H and O–H groups in total. The van der Waals surface area contributed by atoms with Crippen molar-refractivity contribution in [1.29, 1.82) is 0 Å². The van der Waals surface area contributed by atoms with Crippen LogP contribution in [0, 0.1) is 0 Å². The van der Waals surface area contributed by atoms with E-state index in [0.29, 0.717) is 0 Å². The summed E-state index contributed by atoms with van der Waals surface area (Å²) in [5.41, 5.74) is 7.79. The van der Waals surface area contributed by atoms with E-state index in [9.17, 15) is 9.59 Å². The highest BCUT2D eigenvalue weighted by Gasteiger charge is 2.27. The highest BCUT2D eigenvalue weighted by Crippen LogP contribution is 2.08. The summed E-state index contributed by atoms with van der Waals surface area (Å²) >= 11 is 0. The van der Waals surface area contributed by atoms with Crippen molar-refractivity contribution in [3.63, 3.8) is 0 Å². The predicted octanol–water partition coefficient (Wildman–Crippen LogP) is 0.852. The van der Waals surface area contributed by atoms with Gasteiger partial charge in [-0.3, -0.25) is 4.79 Å². The molecule has 1 rings (SSSR count). The summed E-state index contributed by atoms with van der Waals surface area (Å²) in [6.45, 7) is 1.11. The van der Waals surface area contributed by atoms with Crippen LogP contribution in [0.2, 0.25) is 0 Å². The fraction of sp³-hybridized carbons (Fsp3) is 0.100. The van der Waals surface area contributed by atoms with E-state index < -0.39 is 17.5 Å². The van der Waals surface area contributed by atoms with Gasteiger partial charge in [0.15, 0.2) is 0 Å². The van der Waals surface area contributed by atoms with Gasteiger partial charge in [0, 0.05) is 6.92 Å². The number of rotatable bonds is 3. The van der Waals surface area contributed by atoms with E-state index in [-0.39, 0.29) is 5.75 Å². The van der Waals surface area contributed by atoms with E-state index in [1.54, 1.807) is 30.3 Å². The third kappa shape index (κ3) is 2.86. The van der Waals surface area contributed by atoms with Crippen molar-refractivity contribution in [3.8, 4) is 5.75 Å². The molecular weight excluding hydrogens is 196 g/mol. The van der Waals surface area contributed by atoms with Gasteiger partial charge in [-0.25, -0.2) is 4.79 Å². The molecule has 0 aliphatic heterocycles. The second-order valence-corrected chi connectivity index (χ2v) is 2.71. The number of carbonyl (C=O) groups excluding carboxylic acids is 2. The van der Waals surface area contributed by atoms with E-state index in [1.807, 2.05) is 0 Å². The largest absolute Gasteiger partial charge is 0.441 e. The molecule has 76 valence electrons. The number of Topliss-reactive ketones (excluding diaryl/α,β-unsaturated/α-hetero) is 1. The number of hydrogen-bond donors (Lipinski definition) is 0. The Morgan fingerprint density at radius 3 is 2.33 bits per heavy atom. The summed E-state index contributed by atoms with van der Waals surface area (Å²) in [6, 6.07) is 8.20. The maximum absolute atomic E-state index is 11.3. The fourth-order valence-corrected chi connectivity index (χ4v) is 0.899. The molecule has 5 nitrogen and oxygen atoms in total. The number of hydrogen-bond acceptors (Lipinski definition) is 3. The zero-order valence-corrected chi connectivity index (χ0v) is 8.01. The summed E-state index contributed by atoms with van der Waals surface area (Å²) in [5.74, 6) is -1.35. The van der Waals surface area contributed by atoms with Crippen molar-refractivity contribution in [1.82, 2.24) is 0 Å². The molecule has 0 atom stereocenters. The number of para-hydroxylation sites is 1. The lowest BCUT2D eigenvalue weighted by atomic mass is 10.3. The first-order valence-corrected chi connectivity index (χ1v) is 4.15. The van der Waals surface area contributed by atoms with Gasteiger partial charge in [0.2, 0.25) is 5.78 Å². The first kappa shape index (κ1) is 10.8. The van der Waals surface area contributed by atoms with Gasteiger partial charge in [0.25, 0.3) is 0 Å². The number of esters is 1. The highest BCUT2D eigenvalue weighted by molar-refractivity contribution is 6.62. The Hall–Kier alpha value is -2.26. The van der Waals surface area contributed by atoms with Gasteiger partial charge < -0.3 is 10.3 Å². The SMILES string of the molecule is CC(=O)C(=[N+]=[N-])C(=O)Oc1ccccc1. The Labute approximate surface area is 85.9 Å². The first-order valence-electron chi connectivity index (χ1n) is 4.15. The zero-order chi connectivity index (χ0) is 11.3. The molecule has 0 saturated carbocycles. The van der Waals surface area contributed by atoms with Crippen LogP contribution < -0.4 is 4.74 Å². The summed E-state index contributed by atoms with van der Waals surface area (Å²) in [7, 11) is 0. The van der Waals surface area contributed by atoms with Crippen molar-refractivity contribution in [3.05, 3.63) is 35.9 Å². The average molecular weight is 204 g/mol. The molecule has 0 fully saturated rings. The van der Waals surface area contributed by atoms with E-state index >= 15 is 0 Å². The van der Waals surface area contributed by atoms with Crippen LogP contribution in [-0.2, 0) is 9.59 Å². The van der Waals surface area contributed by atoms with Crippen molar-refractivity contribution in [2.24, 2.45) is 0 Å². The minimum Gasteiger partial charge on any atom is -0.418 e. The normalized spacial score (nSPS) is 8.87. The number of nitrogens with zero attached hydrogens (tertiary/aromatic N) is 2. The second-order valence-electron chi connectivity index (χ2n) is 2.71. The Bertz CT molecular complexity index is 433. The van der Waals surface area contributed by atoms with Gasteiger partial charge in [-0.15, -0.1) is 0 Å². The van der Waals surface area contributed by atoms with E-state index in [0.717, 1.165) is 6.92 Å². The van der Waals surface area contributed by atoms with Crippen LogP contribution in [0.15, 0.2) is 30.3 Å². The Morgan fingerprint density at radius 2 is 1.87 bits per heavy atom. The van der Waals surface area contributed by atoms with Crippen LogP contribution in [0.1, 0.15) is 6.92 Å². The van der Waals surface area contributed by atoms with Crippen LogP contribution in [-0.4, -0.2) is 22.3 Å². The van der Waals surface area contributed by atoms with Gasteiger partial charge in [-0.1, -0.05) is 18.2 Å². The summed E-state index contributed by atoms with van der Waals surface area (Å²) in [5, 5.41) is 0. The number of ketones is 1. The lowest BCUT2D eigenvalue weighted by molar-refractivity contribution is -0.134. The van der Waals surface area contributed by atoms with Crippen LogP contribution in [0.4, 0.5) is 0 Å². The number of carbonyl (C=O) groups is 2. The van der Waals surface area contributed by atoms with Crippen molar-refractivity contribution >= 4 is 17.5 Å². The minimum absolute atomic E-state index is 0.282. The lowest BCUT2D eigenvalue weighted by Crippen LogP contribution is -2.27. The van der Waals surface area contributed by atoms with Gasteiger partial charge in [0.05, 0.1) is 0 Å². The fourth-order valence-electron chi connectivity index (χ4n) is 0.899. The number of ether oxygens (including phenoxy) is 1. The van der Waals surface area contributed by atoms with Gasteiger partial charge >= 0.3 is 11.7 Å².